The summed E-state index contributed by atoms with van der Waals surface area (Å²) in [6, 6.07) is 16.3. The van der Waals surface area contributed by atoms with E-state index in [1.165, 1.54) is 13.2 Å². The van der Waals surface area contributed by atoms with Gasteiger partial charge in [0.15, 0.2) is 11.5 Å². The van der Waals surface area contributed by atoms with Crippen LogP contribution in [0.3, 0.4) is 0 Å². The highest BCUT2D eigenvalue weighted by Crippen LogP contribution is 2.31. The van der Waals surface area contributed by atoms with Crippen LogP contribution >= 0.6 is 23.2 Å². The Balaban J connectivity index is 1.58. The van der Waals surface area contributed by atoms with Crippen LogP contribution in [0.15, 0.2) is 66.2 Å². The summed E-state index contributed by atoms with van der Waals surface area (Å²) in [5, 5.41) is 3.23. The fourth-order valence-corrected chi connectivity index (χ4v) is 4.09. The normalized spacial score (nSPS) is 14.7. The average Bonchev–Trinajstić information content (AvgIpc) is 2.86. The number of rotatable bonds is 7. The number of ether oxygens (including phenoxy) is 2. The predicted molar refractivity (Wildman–Crippen MR) is 139 cm³/mol. The van der Waals surface area contributed by atoms with Crippen molar-refractivity contribution in [3.8, 4) is 11.5 Å². The van der Waals surface area contributed by atoms with Crippen LogP contribution in [0.25, 0.3) is 6.08 Å². The molecule has 36 heavy (non-hydrogen) atoms. The Morgan fingerprint density at radius 3 is 2.36 bits per heavy atom. The molecule has 1 heterocycles. The van der Waals surface area contributed by atoms with Crippen LogP contribution in [-0.4, -0.2) is 25.0 Å². The number of barbiturate groups is 1. The van der Waals surface area contributed by atoms with Gasteiger partial charge in [0.1, 0.15) is 12.2 Å². The SMILES string of the molecule is CCc1ccc(N2C(=O)NC(=O)/C(=C/c3ccc(OCc4ccc(Cl)cc4Cl)c(OC)c3)C2=O)cc1. The summed E-state index contributed by atoms with van der Waals surface area (Å²) in [5.74, 6) is -0.660. The van der Waals surface area contributed by atoms with Crippen LogP contribution in [0.5, 0.6) is 11.5 Å². The molecule has 0 bridgehead atoms. The third-order valence-electron chi connectivity index (χ3n) is 5.60. The molecule has 1 N–H and O–H groups in total. The monoisotopic (exact) mass is 524 g/mol. The molecule has 0 spiro atoms. The predicted octanol–water partition coefficient (Wildman–Crippen LogP) is 5.81. The first-order valence-corrected chi connectivity index (χ1v) is 11.8. The van der Waals surface area contributed by atoms with E-state index in [-0.39, 0.29) is 12.2 Å². The van der Waals surface area contributed by atoms with E-state index in [1.54, 1.807) is 48.5 Å². The van der Waals surface area contributed by atoms with Gasteiger partial charge >= 0.3 is 6.03 Å². The molecule has 4 rings (SSSR count). The maximum absolute atomic E-state index is 13.1. The van der Waals surface area contributed by atoms with Gasteiger partial charge in [-0.2, -0.15) is 0 Å². The summed E-state index contributed by atoms with van der Waals surface area (Å²) in [5.41, 5.74) is 2.50. The number of nitrogens with zero attached hydrogens (tertiary/aromatic N) is 1. The average molecular weight is 525 g/mol. The molecule has 3 aromatic rings. The van der Waals surface area contributed by atoms with E-state index in [1.807, 2.05) is 19.1 Å². The van der Waals surface area contributed by atoms with Crippen LogP contribution in [0.1, 0.15) is 23.6 Å². The summed E-state index contributed by atoms with van der Waals surface area (Å²) in [6.07, 6.45) is 2.22. The Morgan fingerprint density at radius 1 is 0.944 bits per heavy atom. The molecule has 9 heteroatoms. The number of anilines is 1. The van der Waals surface area contributed by atoms with E-state index in [0.717, 1.165) is 22.4 Å². The molecule has 0 atom stereocenters. The van der Waals surface area contributed by atoms with Crippen molar-refractivity contribution in [3.63, 3.8) is 0 Å². The van der Waals surface area contributed by atoms with Crippen molar-refractivity contribution < 1.29 is 23.9 Å². The van der Waals surface area contributed by atoms with E-state index in [9.17, 15) is 14.4 Å². The number of hydrogen-bond acceptors (Lipinski definition) is 5. The number of carbonyl (C=O) groups excluding carboxylic acids is 3. The summed E-state index contributed by atoms with van der Waals surface area (Å²) < 4.78 is 11.3. The minimum atomic E-state index is -0.798. The standard InChI is InChI=1S/C27H22Cl2N2O5/c1-3-16-4-9-20(10-5-16)31-26(33)21(25(32)30-27(31)34)12-17-6-11-23(24(13-17)35-2)36-15-18-7-8-19(28)14-22(18)29/h4-14H,3,15H2,1-2H3,(H,30,32,34)/b21-12-. The third kappa shape index (κ3) is 5.37. The number of halogens is 2. The van der Waals surface area contributed by atoms with Gasteiger partial charge in [-0.15, -0.1) is 0 Å². The molecule has 0 radical (unpaired) electrons. The van der Waals surface area contributed by atoms with Gasteiger partial charge in [0.25, 0.3) is 11.8 Å². The zero-order valence-corrected chi connectivity index (χ0v) is 21.0. The first kappa shape index (κ1) is 25.3. The summed E-state index contributed by atoms with van der Waals surface area (Å²) in [6.45, 7) is 2.19. The van der Waals surface area contributed by atoms with Gasteiger partial charge in [-0.1, -0.05) is 54.4 Å². The lowest BCUT2D eigenvalue weighted by Crippen LogP contribution is -2.54. The minimum Gasteiger partial charge on any atom is -0.493 e. The van der Waals surface area contributed by atoms with Crippen molar-refractivity contribution in [1.82, 2.24) is 5.32 Å². The minimum absolute atomic E-state index is 0.182. The van der Waals surface area contributed by atoms with E-state index in [4.69, 9.17) is 32.7 Å². The largest absolute Gasteiger partial charge is 0.493 e. The van der Waals surface area contributed by atoms with E-state index in [0.29, 0.717) is 32.8 Å². The highest BCUT2D eigenvalue weighted by molar-refractivity contribution is 6.39. The zero-order valence-electron chi connectivity index (χ0n) is 19.5. The maximum atomic E-state index is 13.1. The number of urea groups is 1. The van der Waals surface area contributed by atoms with Crippen LogP contribution < -0.4 is 19.7 Å². The first-order valence-electron chi connectivity index (χ1n) is 11.1. The molecular formula is C27H22Cl2N2O5. The Morgan fingerprint density at radius 2 is 1.69 bits per heavy atom. The quantitative estimate of drug-likeness (QED) is 0.311. The van der Waals surface area contributed by atoms with Crippen molar-refractivity contribution in [2.24, 2.45) is 0 Å². The molecule has 1 saturated heterocycles. The van der Waals surface area contributed by atoms with E-state index >= 15 is 0 Å². The second-order valence-corrected chi connectivity index (χ2v) is 8.76. The number of nitrogens with one attached hydrogen (secondary N) is 1. The molecule has 7 nitrogen and oxygen atoms in total. The summed E-state index contributed by atoms with van der Waals surface area (Å²) >= 11 is 12.1. The van der Waals surface area contributed by atoms with Crippen molar-refractivity contribution in [2.75, 3.05) is 12.0 Å². The Hall–Kier alpha value is -3.81. The third-order valence-corrected chi connectivity index (χ3v) is 6.19. The topological polar surface area (TPSA) is 84.9 Å². The lowest BCUT2D eigenvalue weighted by atomic mass is 10.1. The zero-order chi connectivity index (χ0) is 25.8. The number of carbonyl (C=O) groups is 3. The smallest absolute Gasteiger partial charge is 0.335 e. The molecule has 1 fully saturated rings. The number of aryl methyl sites for hydroxylation is 1. The summed E-state index contributed by atoms with van der Waals surface area (Å²) in [4.78, 5) is 39.0. The van der Waals surface area contributed by atoms with Gasteiger partial charge in [-0.05, 0) is 60.0 Å². The molecule has 0 aliphatic carbocycles. The summed E-state index contributed by atoms with van der Waals surface area (Å²) in [7, 11) is 1.48. The van der Waals surface area contributed by atoms with E-state index < -0.39 is 17.8 Å². The van der Waals surface area contributed by atoms with Gasteiger partial charge in [0, 0.05) is 15.6 Å². The van der Waals surface area contributed by atoms with Gasteiger partial charge < -0.3 is 9.47 Å². The molecule has 4 amide bonds. The highest BCUT2D eigenvalue weighted by Gasteiger charge is 2.36. The van der Waals surface area contributed by atoms with Gasteiger partial charge in [-0.3, -0.25) is 14.9 Å². The fraction of sp³-hybridized carbons (Fsp3) is 0.148. The molecule has 0 saturated carbocycles. The number of amides is 4. The van der Waals surface area contributed by atoms with Crippen molar-refractivity contribution in [2.45, 2.75) is 20.0 Å². The molecular weight excluding hydrogens is 503 g/mol. The second-order valence-electron chi connectivity index (χ2n) is 7.91. The second kappa shape index (κ2) is 10.8. The lowest BCUT2D eigenvalue weighted by molar-refractivity contribution is -0.122. The van der Waals surface area contributed by atoms with Crippen LogP contribution in [0.4, 0.5) is 10.5 Å². The fourth-order valence-electron chi connectivity index (χ4n) is 3.63. The Bertz CT molecular complexity index is 1370. The first-order chi connectivity index (χ1) is 17.3. The number of methoxy groups -OCH3 is 1. The highest BCUT2D eigenvalue weighted by atomic mass is 35.5. The van der Waals surface area contributed by atoms with Crippen molar-refractivity contribution in [1.29, 1.82) is 0 Å². The molecule has 3 aromatic carbocycles. The molecule has 1 aliphatic rings. The van der Waals surface area contributed by atoms with Crippen LogP contribution in [0.2, 0.25) is 10.0 Å². The molecule has 0 unspecified atom stereocenters. The van der Waals surface area contributed by atoms with Gasteiger partial charge in [-0.25, -0.2) is 9.69 Å². The van der Waals surface area contributed by atoms with Crippen LogP contribution in [-0.2, 0) is 22.6 Å². The Labute approximate surface area is 218 Å². The maximum Gasteiger partial charge on any atom is 0.335 e. The molecule has 184 valence electrons. The lowest BCUT2D eigenvalue weighted by Gasteiger charge is -2.26. The molecule has 1 aliphatic heterocycles. The molecule has 0 aromatic heterocycles. The Kier molecular flexibility index (Phi) is 7.62. The number of benzene rings is 3. The van der Waals surface area contributed by atoms with Crippen LogP contribution in [0, 0.1) is 0 Å². The van der Waals surface area contributed by atoms with Gasteiger partial charge in [0.2, 0.25) is 0 Å². The van der Waals surface area contributed by atoms with E-state index in [2.05, 4.69) is 5.32 Å². The van der Waals surface area contributed by atoms with Crippen molar-refractivity contribution in [3.05, 3.63) is 93.0 Å². The van der Waals surface area contributed by atoms with Gasteiger partial charge in [0.05, 0.1) is 12.8 Å². The number of imide groups is 2. The number of hydrogen-bond donors (Lipinski definition) is 1. The van der Waals surface area contributed by atoms with Crippen molar-refractivity contribution >= 4 is 52.8 Å².